The lowest BCUT2D eigenvalue weighted by Gasteiger charge is -2.21. The van der Waals surface area contributed by atoms with Gasteiger partial charge in [0.15, 0.2) is 0 Å². The fourth-order valence-electron chi connectivity index (χ4n) is 1.70. The van der Waals surface area contributed by atoms with Gasteiger partial charge in [0.25, 0.3) is 0 Å². The molecule has 2 rings (SSSR count). The Morgan fingerprint density at radius 2 is 2.06 bits per heavy atom. The number of nitrogen functional groups attached to an aromatic ring is 1. The van der Waals surface area contributed by atoms with Crippen LogP contribution in [0.25, 0.3) is 0 Å². The van der Waals surface area contributed by atoms with Gasteiger partial charge < -0.3 is 10.6 Å². The van der Waals surface area contributed by atoms with Crippen LogP contribution in [0.4, 0.5) is 11.4 Å². The summed E-state index contributed by atoms with van der Waals surface area (Å²) >= 11 is 6.09. The summed E-state index contributed by atoms with van der Waals surface area (Å²) in [7, 11) is 1.98. The second kappa shape index (κ2) is 5.06. The minimum absolute atomic E-state index is 0.643. The second-order valence-corrected chi connectivity index (χ2v) is 4.29. The van der Waals surface area contributed by atoms with E-state index in [-0.39, 0.29) is 0 Å². The highest BCUT2D eigenvalue weighted by Gasteiger charge is 2.07. The third kappa shape index (κ3) is 2.68. The van der Waals surface area contributed by atoms with Crippen molar-refractivity contribution in [3.05, 3.63) is 53.3 Å². The molecule has 88 valence electrons. The van der Waals surface area contributed by atoms with Crippen molar-refractivity contribution in [2.75, 3.05) is 17.7 Å². The zero-order valence-corrected chi connectivity index (χ0v) is 10.4. The molecule has 0 unspecified atom stereocenters. The molecule has 0 radical (unpaired) electrons. The maximum atomic E-state index is 6.09. The monoisotopic (exact) mass is 247 g/mol. The van der Waals surface area contributed by atoms with Crippen LogP contribution in [0.3, 0.4) is 0 Å². The third-order valence-corrected chi connectivity index (χ3v) is 2.92. The quantitative estimate of drug-likeness (QED) is 0.848. The molecule has 0 atom stereocenters. The number of aromatic nitrogens is 1. The van der Waals surface area contributed by atoms with Crippen molar-refractivity contribution in [2.45, 2.75) is 6.54 Å². The van der Waals surface area contributed by atoms with E-state index in [0.29, 0.717) is 5.02 Å². The summed E-state index contributed by atoms with van der Waals surface area (Å²) in [5.41, 5.74) is 8.74. The van der Waals surface area contributed by atoms with Crippen molar-refractivity contribution in [3.63, 3.8) is 0 Å². The third-order valence-electron chi connectivity index (χ3n) is 2.62. The lowest BCUT2D eigenvalue weighted by Crippen LogP contribution is -2.17. The molecule has 0 aliphatic rings. The molecule has 1 aromatic heterocycles. The number of benzene rings is 1. The van der Waals surface area contributed by atoms with Gasteiger partial charge in [0.2, 0.25) is 0 Å². The van der Waals surface area contributed by atoms with Gasteiger partial charge in [-0.2, -0.15) is 0 Å². The Hall–Kier alpha value is -1.74. The first-order chi connectivity index (χ1) is 8.18. The molecule has 0 amide bonds. The standard InChI is InChI=1S/C13H14ClN3/c1-17(13-6-7-16-8-11(13)14)9-10-4-2-3-5-12(10)15/h2-8H,9,15H2,1H3. The summed E-state index contributed by atoms with van der Waals surface area (Å²) in [6.07, 6.45) is 3.37. The molecule has 1 aromatic carbocycles. The molecule has 0 aliphatic heterocycles. The minimum Gasteiger partial charge on any atom is -0.398 e. The normalized spacial score (nSPS) is 10.2. The Kier molecular flexibility index (Phi) is 3.49. The number of pyridine rings is 1. The van der Waals surface area contributed by atoms with Crippen molar-refractivity contribution in [3.8, 4) is 0 Å². The van der Waals surface area contributed by atoms with Crippen molar-refractivity contribution in [1.82, 2.24) is 4.98 Å². The maximum absolute atomic E-state index is 6.09. The van der Waals surface area contributed by atoms with Crippen LogP contribution in [0.1, 0.15) is 5.56 Å². The number of nitrogens with two attached hydrogens (primary N) is 1. The molecule has 0 spiro atoms. The molecule has 17 heavy (non-hydrogen) atoms. The molecule has 0 bridgehead atoms. The highest BCUT2D eigenvalue weighted by atomic mass is 35.5. The molecule has 2 N–H and O–H groups in total. The molecule has 0 saturated carbocycles. The molecule has 4 heteroatoms. The number of para-hydroxylation sites is 1. The molecule has 0 aliphatic carbocycles. The smallest absolute Gasteiger partial charge is 0.0822 e. The lowest BCUT2D eigenvalue weighted by atomic mass is 10.1. The Bertz CT molecular complexity index is 514. The van der Waals surface area contributed by atoms with E-state index >= 15 is 0 Å². The summed E-state index contributed by atoms with van der Waals surface area (Å²) < 4.78 is 0. The summed E-state index contributed by atoms with van der Waals surface area (Å²) in [5, 5.41) is 0.643. The molecule has 2 aromatic rings. The van der Waals surface area contributed by atoms with Gasteiger partial charge in [0.05, 0.1) is 10.7 Å². The Labute approximate surface area is 106 Å². The average molecular weight is 248 g/mol. The number of rotatable bonds is 3. The van der Waals surface area contributed by atoms with Gasteiger partial charge in [-0.25, -0.2) is 0 Å². The van der Waals surface area contributed by atoms with Gasteiger partial charge in [-0.3, -0.25) is 4.98 Å². The van der Waals surface area contributed by atoms with Crippen LogP contribution in [0.2, 0.25) is 5.02 Å². The summed E-state index contributed by atoms with van der Waals surface area (Å²) in [6, 6.07) is 9.71. The summed E-state index contributed by atoms with van der Waals surface area (Å²) in [4.78, 5) is 6.02. The van der Waals surface area contributed by atoms with E-state index in [1.54, 1.807) is 12.4 Å². The van der Waals surface area contributed by atoms with Gasteiger partial charge >= 0.3 is 0 Å². The second-order valence-electron chi connectivity index (χ2n) is 3.88. The zero-order valence-electron chi connectivity index (χ0n) is 9.60. The molecule has 3 nitrogen and oxygen atoms in total. The van der Waals surface area contributed by atoms with Crippen LogP contribution in [-0.4, -0.2) is 12.0 Å². The van der Waals surface area contributed by atoms with Crippen molar-refractivity contribution >= 4 is 23.0 Å². The van der Waals surface area contributed by atoms with Gasteiger partial charge in [0.1, 0.15) is 0 Å². The fraction of sp³-hybridized carbons (Fsp3) is 0.154. The van der Waals surface area contributed by atoms with E-state index in [9.17, 15) is 0 Å². The van der Waals surface area contributed by atoms with Crippen LogP contribution in [0.15, 0.2) is 42.7 Å². The summed E-state index contributed by atoms with van der Waals surface area (Å²) in [6.45, 7) is 0.719. The fourth-order valence-corrected chi connectivity index (χ4v) is 1.96. The molecule has 0 saturated heterocycles. The first-order valence-corrected chi connectivity index (χ1v) is 5.70. The van der Waals surface area contributed by atoms with Crippen LogP contribution in [0.5, 0.6) is 0 Å². The van der Waals surface area contributed by atoms with Crippen molar-refractivity contribution < 1.29 is 0 Å². The SMILES string of the molecule is CN(Cc1ccccc1N)c1ccncc1Cl. The highest BCUT2D eigenvalue weighted by molar-refractivity contribution is 6.33. The first kappa shape index (κ1) is 11.7. The van der Waals surface area contributed by atoms with Crippen LogP contribution >= 0.6 is 11.6 Å². The van der Waals surface area contributed by atoms with Gasteiger partial charge in [-0.15, -0.1) is 0 Å². The highest BCUT2D eigenvalue weighted by Crippen LogP contribution is 2.25. The Balaban J connectivity index is 2.20. The predicted molar refractivity (Wildman–Crippen MR) is 72.2 cm³/mol. The molecule has 0 fully saturated rings. The van der Waals surface area contributed by atoms with E-state index in [0.717, 1.165) is 23.5 Å². The molecular formula is C13H14ClN3. The summed E-state index contributed by atoms with van der Waals surface area (Å²) in [5.74, 6) is 0. The maximum Gasteiger partial charge on any atom is 0.0822 e. The van der Waals surface area contributed by atoms with Gasteiger partial charge in [-0.1, -0.05) is 29.8 Å². The van der Waals surface area contributed by atoms with E-state index < -0.39 is 0 Å². The number of nitrogens with zero attached hydrogens (tertiary/aromatic N) is 2. The van der Waals surface area contributed by atoms with Gasteiger partial charge in [0, 0.05) is 31.7 Å². The van der Waals surface area contributed by atoms with Crippen LogP contribution in [-0.2, 0) is 6.54 Å². The Morgan fingerprint density at radius 3 is 2.76 bits per heavy atom. The minimum atomic E-state index is 0.643. The topological polar surface area (TPSA) is 42.1 Å². The first-order valence-electron chi connectivity index (χ1n) is 5.32. The van der Waals surface area contributed by atoms with E-state index in [4.69, 9.17) is 17.3 Å². The van der Waals surface area contributed by atoms with Crippen molar-refractivity contribution in [1.29, 1.82) is 0 Å². The van der Waals surface area contributed by atoms with E-state index in [1.165, 1.54) is 0 Å². The van der Waals surface area contributed by atoms with Crippen molar-refractivity contribution in [2.24, 2.45) is 0 Å². The molecular weight excluding hydrogens is 234 g/mol. The predicted octanol–water partition coefficient (Wildman–Crippen LogP) is 2.95. The number of anilines is 2. The van der Waals surface area contributed by atoms with Gasteiger partial charge in [-0.05, 0) is 17.7 Å². The number of hydrogen-bond donors (Lipinski definition) is 1. The van der Waals surface area contributed by atoms with E-state index in [1.807, 2.05) is 37.4 Å². The zero-order chi connectivity index (χ0) is 12.3. The average Bonchev–Trinajstić information content (AvgIpc) is 2.32. The largest absolute Gasteiger partial charge is 0.398 e. The number of hydrogen-bond acceptors (Lipinski definition) is 3. The lowest BCUT2D eigenvalue weighted by molar-refractivity contribution is 0.923. The van der Waals surface area contributed by atoms with Crippen LogP contribution in [0, 0.1) is 0 Å². The van der Waals surface area contributed by atoms with E-state index in [2.05, 4.69) is 9.88 Å². The van der Waals surface area contributed by atoms with Crippen LogP contribution < -0.4 is 10.6 Å². The Morgan fingerprint density at radius 1 is 1.29 bits per heavy atom. The number of halogens is 1. The molecule has 1 heterocycles.